The molecule has 1 aliphatic heterocycles. The Kier molecular flexibility index (Phi) is 4.55. The maximum absolute atomic E-state index is 11.9. The molecule has 2 heterocycles. The summed E-state index contributed by atoms with van der Waals surface area (Å²) in [6.07, 6.45) is 5.23. The second kappa shape index (κ2) is 6.16. The molecule has 3 unspecified atom stereocenters. The number of imidazole rings is 1. The molecule has 19 heavy (non-hydrogen) atoms. The molecule has 1 fully saturated rings. The van der Waals surface area contributed by atoms with E-state index < -0.39 is 6.04 Å². The Morgan fingerprint density at radius 1 is 1.58 bits per heavy atom. The molecule has 3 atom stereocenters. The van der Waals surface area contributed by atoms with E-state index in [0.717, 1.165) is 18.5 Å². The minimum Gasteiger partial charge on any atom is -0.461 e. The first-order valence-electron chi connectivity index (χ1n) is 6.63. The molecule has 0 saturated carbocycles. The smallest absolute Gasteiger partial charge is 0.323 e. The normalized spacial score (nSPS) is 28.9. The molecule has 0 bridgehead atoms. The van der Waals surface area contributed by atoms with Crippen molar-refractivity contribution in [3.05, 3.63) is 18.2 Å². The predicted octanol–water partition coefficient (Wildman–Crippen LogP) is 0.779. The van der Waals surface area contributed by atoms with Gasteiger partial charge in [0.2, 0.25) is 0 Å². The Bertz CT molecular complexity index is 397. The van der Waals surface area contributed by atoms with Crippen molar-refractivity contribution in [3.63, 3.8) is 0 Å². The van der Waals surface area contributed by atoms with Crippen molar-refractivity contribution < 1.29 is 14.3 Å². The van der Waals surface area contributed by atoms with E-state index in [2.05, 4.69) is 9.97 Å². The molecular weight excluding hydrogens is 246 g/mol. The van der Waals surface area contributed by atoms with Crippen LogP contribution in [0.25, 0.3) is 0 Å². The molecule has 1 saturated heterocycles. The number of H-pyrrole nitrogens is 1. The van der Waals surface area contributed by atoms with E-state index in [1.54, 1.807) is 12.5 Å². The van der Waals surface area contributed by atoms with Gasteiger partial charge in [-0.15, -0.1) is 0 Å². The van der Waals surface area contributed by atoms with Gasteiger partial charge < -0.3 is 20.2 Å². The third kappa shape index (κ3) is 4.04. The molecule has 1 aliphatic rings. The molecule has 0 radical (unpaired) electrons. The highest BCUT2D eigenvalue weighted by atomic mass is 16.6. The lowest BCUT2D eigenvalue weighted by atomic mass is 10.0. The van der Waals surface area contributed by atoms with Gasteiger partial charge in [0.15, 0.2) is 0 Å². The van der Waals surface area contributed by atoms with Crippen molar-refractivity contribution in [2.75, 3.05) is 0 Å². The maximum Gasteiger partial charge on any atom is 0.323 e. The maximum atomic E-state index is 11.9. The van der Waals surface area contributed by atoms with E-state index >= 15 is 0 Å². The summed E-state index contributed by atoms with van der Waals surface area (Å²) in [6, 6.07) is -0.658. The van der Waals surface area contributed by atoms with Gasteiger partial charge in [-0.25, -0.2) is 4.98 Å². The van der Waals surface area contributed by atoms with Gasteiger partial charge in [-0.2, -0.15) is 0 Å². The SMILES string of the molecule is CC1CC(OC(=O)C(N)Cc2cnc[nH]2)CC(C)O1. The van der Waals surface area contributed by atoms with Gasteiger partial charge in [-0.05, 0) is 13.8 Å². The average molecular weight is 267 g/mol. The number of nitrogens with zero attached hydrogens (tertiary/aromatic N) is 1. The highest BCUT2D eigenvalue weighted by molar-refractivity contribution is 5.76. The van der Waals surface area contributed by atoms with Crippen molar-refractivity contribution in [2.45, 2.75) is 57.5 Å². The Morgan fingerprint density at radius 2 is 2.26 bits per heavy atom. The van der Waals surface area contributed by atoms with Gasteiger partial charge in [0, 0.05) is 31.2 Å². The van der Waals surface area contributed by atoms with Crippen LogP contribution in [-0.2, 0) is 20.7 Å². The largest absolute Gasteiger partial charge is 0.461 e. The molecule has 106 valence electrons. The molecule has 0 spiro atoms. The number of hydrogen-bond acceptors (Lipinski definition) is 5. The van der Waals surface area contributed by atoms with Crippen LogP contribution in [0.2, 0.25) is 0 Å². The summed E-state index contributed by atoms with van der Waals surface area (Å²) < 4.78 is 11.1. The van der Waals surface area contributed by atoms with Gasteiger partial charge in [0.1, 0.15) is 12.1 Å². The van der Waals surface area contributed by atoms with Crippen molar-refractivity contribution >= 4 is 5.97 Å². The fraction of sp³-hybridized carbons (Fsp3) is 0.692. The van der Waals surface area contributed by atoms with E-state index in [1.807, 2.05) is 13.8 Å². The van der Waals surface area contributed by atoms with Crippen LogP contribution in [-0.4, -0.2) is 40.3 Å². The molecule has 0 amide bonds. The Labute approximate surface area is 112 Å². The summed E-state index contributed by atoms with van der Waals surface area (Å²) in [5.41, 5.74) is 6.67. The number of hydrogen-bond donors (Lipinski definition) is 2. The Balaban J connectivity index is 1.82. The van der Waals surface area contributed by atoms with Gasteiger partial charge in [-0.3, -0.25) is 4.79 Å². The van der Waals surface area contributed by atoms with Crippen LogP contribution in [0.1, 0.15) is 32.4 Å². The summed E-state index contributed by atoms with van der Waals surface area (Å²) in [6.45, 7) is 3.97. The topological polar surface area (TPSA) is 90.2 Å². The van der Waals surface area contributed by atoms with Crippen LogP contribution in [0.15, 0.2) is 12.5 Å². The molecule has 1 aromatic rings. The van der Waals surface area contributed by atoms with Crippen molar-refractivity contribution in [2.24, 2.45) is 5.73 Å². The number of rotatable bonds is 4. The second-order valence-electron chi connectivity index (χ2n) is 5.18. The number of aromatic nitrogens is 2. The van der Waals surface area contributed by atoms with Crippen LogP contribution >= 0.6 is 0 Å². The summed E-state index contributed by atoms with van der Waals surface area (Å²) in [5.74, 6) is -0.360. The van der Waals surface area contributed by atoms with E-state index in [4.69, 9.17) is 15.2 Å². The molecule has 0 aromatic carbocycles. The van der Waals surface area contributed by atoms with Crippen LogP contribution in [0.4, 0.5) is 0 Å². The van der Waals surface area contributed by atoms with Crippen LogP contribution in [0.3, 0.4) is 0 Å². The first-order valence-corrected chi connectivity index (χ1v) is 6.63. The van der Waals surface area contributed by atoms with Crippen LogP contribution in [0, 0.1) is 0 Å². The lowest BCUT2D eigenvalue weighted by molar-refractivity contribution is -0.161. The molecular formula is C13H21N3O3. The number of nitrogens with one attached hydrogen (secondary N) is 1. The molecule has 3 N–H and O–H groups in total. The summed E-state index contributed by atoms with van der Waals surface area (Å²) in [4.78, 5) is 18.7. The number of esters is 1. The van der Waals surface area contributed by atoms with Crippen molar-refractivity contribution in [1.29, 1.82) is 0 Å². The average Bonchev–Trinajstić information content (AvgIpc) is 2.80. The zero-order chi connectivity index (χ0) is 13.8. The van der Waals surface area contributed by atoms with E-state index in [-0.39, 0.29) is 24.3 Å². The number of aromatic amines is 1. The van der Waals surface area contributed by atoms with Gasteiger partial charge >= 0.3 is 5.97 Å². The first kappa shape index (κ1) is 14.0. The van der Waals surface area contributed by atoms with E-state index in [9.17, 15) is 4.79 Å². The third-order valence-corrected chi connectivity index (χ3v) is 3.23. The molecule has 1 aromatic heterocycles. The summed E-state index contributed by atoms with van der Waals surface area (Å²) in [7, 11) is 0. The molecule has 0 aliphatic carbocycles. The quantitative estimate of drug-likeness (QED) is 0.787. The number of ether oxygens (including phenoxy) is 2. The fourth-order valence-electron chi connectivity index (χ4n) is 2.41. The lowest BCUT2D eigenvalue weighted by Gasteiger charge is -2.32. The number of nitrogens with two attached hydrogens (primary N) is 1. The lowest BCUT2D eigenvalue weighted by Crippen LogP contribution is -2.41. The van der Waals surface area contributed by atoms with Gasteiger partial charge in [0.25, 0.3) is 0 Å². The van der Waals surface area contributed by atoms with Crippen molar-refractivity contribution in [3.8, 4) is 0 Å². The molecule has 2 rings (SSSR count). The third-order valence-electron chi connectivity index (χ3n) is 3.23. The van der Waals surface area contributed by atoms with E-state index in [0.29, 0.717) is 6.42 Å². The number of carbonyl (C=O) groups excluding carboxylic acids is 1. The monoisotopic (exact) mass is 267 g/mol. The zero-order valence-electron chi connectivity index (χ0n) is 11.3. The Hall–Kier alpha value is -1.40. The standard InChI is InChI=1S/C13H21N3O3/c1-8-3-11(4-9(2)18-8)19-13(17)12(14)5-10-6-15-7-16-10/h6-9,11-12H,3-5,14H2,1-2H3,(H,15,16). The first-order chi connectivity index (χ1) is 9.04. The Morgan fingerprint density at radius 3 is 2.84 bits per heavy atom. The summed E-state index contributed by atoms with van der Waals surface area (Å²) >= 11 is 0. The molecule has 6 nitrogen and oxygen atoms in total. The highest BCUT2D eigenvalue weighted by Gasteiger charge is 2.28. The van der Waals surface area contributed by atoms with E-state index in [1.165, 1.54) is 0 Å². The second-order valence-corrected chi connectivity index (χ2v) is 5.18. The minimum atomic E-state index is -0.658. The minimum absolute atomic E-state index is 0.0981. The van der Waals surface area contributed by atoms with Crippen molar-refractivity contribution in [1.82, 2.24) is 9.97 Å². The summed E-state index contributed by atoms with van der Waals surface area (Å²) in [5, 5.41) is 0. The highest BCUT2D eigenvalue weighted by Crippen LogP contribution is 2.22. The van der Waals surface area contributed by atoms with Crippen LogP contribution < -0.4 is 5.73 Å². The fourth-order valence-corrected chi connectivity index (χ4v) is 2.41. The van der Waals surface area contributed by atoms with Gasteiger partial charge in [0.05, 0.1) is 18.5 Å². The zero-order valence-corrected chi connectivity index (χ0v) is 11.3. The van der Waals surface area contributed by atoms with Gasteiger partial charge in [-0.1, -0.05) is 0 Å². The predicted molar refractivity (Wildman–Crippen MR) is 69.4 cm³/mol. The molecule has 6 heteroatoms. The van der Waals surface area contributed by atoms with Crippen LogP contribution in [0.5, 0.6) is 0 Å². The number of carbonyl (C=O) groups is 1.